The van der Waals surface area contributed by atoms with Crippen molar-refractivity contribution in [2.45, 2.75) is 12.8 Å². The Morgan fingerprint density at radius 3 is 2.26 bits per heavy atom. The van der Waals surface area contributed by atoms with Crippen molar-refractivity contribution in [2.24, 2.45) is 5.10 Å². The fraction of sp³-hybridized carbons (Fsp3) is 0.167. The van der Waals surface area contributed by atoms with Crippen LogP contribution >= 0.6 is 0 Å². The van der Waals surface area contributed by atoms with E-state index < -0.39 is 0 Å². The lowest BCUT2D eigenvalue weighted by molar-refractivity contribution is -0.126. The fourth-order valence-corrected chi connectivity index (χ4v) is 1.93. The summed E-state index contributed by atoms with van der Waals surface area (Å²) in [5, 5.41) is 6.41. The topological polar surface area (TPSA) is 70.6 Å². The maximum atomic E-state index is 11.7. The van der Waals surface area contributed by atoms with Gasteiger partial charge in [0, 0.05) is 6.42 Å². The molecule has 23 heavy (non-hydrogen) atoms. The van der Waals surface area contributed by atoms with Gasteiger partial charge in [0.05, 0.1) is 12.8 Å². The lowest BCUT2D eigenvalue weighted by Crippen LogP contribution is -2.35. The molecule has 0 aliphatic carbocycles. The first-order valence-corrected chi connectivity index (χ1v) is 7.41. The molecule has 0 heterocycles. The van der Waals surface area contributed by atoms with Crippen LogP contribution in [0.25, 0.3) is 0 Å². The summed E-state index contributed by atoms with van der Waals surface area (Å²) in [4.78, 5) is 23.3. The number of benzene rings is 2. The zero-order chi connectivity index (χ0) is 16.3. The molecule has 0 aromatic heterocycles. The van der Waals surface area contributed by atoms with E-state index in [0.717, 1.165) is 11.1 Å². The summed E-state index contributed by atoms with van der Waals surface area (Å²) in [7, 11) is 0. The first kappa shape index (κ1) is 16.4. The molecular formula is C18H19N3O2. The Kier molecular flexibility index (Phi) is 6.53. The Labute approximate surface area is 135 Å². The van der Waals surface area contributed by atoms with E-state index in [-0.39, 0.29) is 18.4 Å². The highest BCUT2D eigenvalue weighted by molar-refractivity contribution is 5.86. The van der Waals surface area contributed by atoms with Gasteiger partial charge < -0.3 is 5.32 Å². The van der Waals surface area contributed by atoms with Gasteiger partial charge in [0.1, 0.15) is 0 Å². The van der Waals surface area contributed by atoms with Gasteiger partial charge in [-0.2, -0.15) is 5.10 Å². The van der Waals surface area contributed by atoms with Gasteiger partial charge in [-0.15, -0.1) is 0 Å². The molecule has 0 saturated heterocycles. The average Bonchev–Trinajstić information content (AvgIpc) is 2.60. The maximum Gasteiger partial charge on any atom is 0.259 e. The molecule has 0 unspecified atom stereocenters. The van der Waals surface area contributed by atoms with E-state index >= 15 is 0 Å². The molecule has 0 radical (unpaired) electrons. The van der Waals surface area contributed by atoms with Crippen molar-refractivity contribution in [3.05, 3.63) is 71.8 Å². The maximum absolute atomic E-state index is 11.7. The van der Waals surface area contributed by atoms with Gasteiger partial charge in [-0.1, -0.05) is 60.7 Å². The third-order valence-corrected chi connectivity index (χ3v) is 3.13. The normalized spacial score (nSPS) is 10.4. The number of aryl methyl sites for hydroxylation is 1. The summed E-state index contributed by atoms with van der Waals surface area (Å²) in [6.07, 6.45) is 2.56. The highest BCUT2D eigenvalue weighted by atomic mass is 16.2. The largest absolute Gasteiger partial charge is 0.347 e. The molecule has 0 bridgehead atoms. The van der Waals surface area contributed by atoms with Crippen molar-refractivity contribution in [1.29, 1.82) is 0 Å². The monoisotopic (exact) mass is 309 g/mol. The zero-order valence-corrected chi connectivity index (χ0v) is 12.7. The average molecular weight is 309 g/mol. The summed E-state index contributed by atoms with van der Waals surface area (Å²) in [6.45, 7) is -0.0836. The van der Waals surface area contributed by atoms with Crippen LogP contribution in [-0.2, 0) is 16.0 Å². The van der Waals surface area contributed by atoms with Crippen molar-refractivity contribution >= 4 is 18.0 Å². The number of nitrogens with zero attached hydrogens (tertiary/aromatic N) is 1. The minimum atomic E-state index is -0.356. The van der Waals surface area contributed by atoms with Gasteiger partial charge in [0.15, 0.2) is 0 Å². The van der Waals surface area contributed by atoms with Crippen LogP contribution in [-0.4, -0.2) is 24.6 Å². The predicted molar refractivity (Wildman–Crippen MR) is 90.0 cm³/mol. The van der Waals surface area contributed by atoms with Gasteiger partial charge in [-0.3, -0.25) is 9.59 Å². The van der Waals surface area contributed by atoms with Crippen LogP contribution in [0.2, 0.25) is 0 Å². The molecular weight excluding hydrogens is 290 g/mol. The molecule has 2 rings (SSSR count). The second kappa shape index (κ2) is 9.15. The number of nitrogens with one attached hydrogen (secondary N) is 2. The molecule has 5 heteroatoms. The zero-order valence-electron chi connectivity index (χ0n) is 12.7. The van der Waals surface area contributed by atoms with Crippen molar-refractivity contribution in [3.63, 3.8) is 0 Å². The number of hydrogen-bond donors (Lipinski definition) is 2. The molecule has 0 aliphatic heterocycles. The van der Waals surface area contributed by atoms with E-state index in [1.54, 1.807) is 6.21 Å². The van der Waals surface area contributed by atoms with Crippen LogP contribution in [0.1, 0.15) is 17.5 Å². The van der Waals surface area contributed by atoms with Crippen LogP contribution < -0.4 is 10.7 Å². The lowest BCUT2D eigenvalue weighted by Gasteiger charge is -2.04. The number of hydrogen-bond acceptors (Lipinski definition) is 3. The SMILES string of the molecule is O=C(CCc1ccccc1)NCC(=O)N/N=C\c1ccccc1. The summed E-state index contributed by atoms with van der Waals surface area (Å²) in [6, 6.07) is 19.2. The Hall–Kier alpha value is -2.95. The summed E-state index contributed by atoms with van der Waals surface area (Å²) >= 11 is 0. The third kappa shape index (κ3) is 6.56. The molecule has 2 aromatic carbocycles. The van der Waals surface area contributed by atoms with E-state index in [4.69, 9.17) is 0 Å². The quantitative estimate of drug-likeness (QED) is 0.605. The standard InChI is InChI=1S/C18H19N3O2/c22-17(12-11-15-7-3-1-4-8-15)19-14-18(23)21-20-13-16-9-5-2-6-10-16/h1-10,13H,11-12,14H2,(H,19,22)(H,21,23)/b20-13-. The Bertz CT molecular complexity index is 654. The van der Waals surface area contributed by atoms with Crippen LogP contribution in [0.3, 0.4) is 0 Å². The van der Waals surface area contributed by atoms with Gasteiger partial charge in [-0.25, -0.2) is 5.43 Å². The third-order valence-electron chi connectivity index (χ3n) is 3.13. The molecule has 0 fully saturated rings. The minimum Gasteiger partial charge on any atom is -0.347 e. The Morgan fingerprint density at radius 2 is 1.57 bits per heavy atom. The van der Waals surface area contributed by atoms with E-state index in [1.807, 2.05) is 60.7 Å². The molecule has 2 amide bonds. The van der Waals surface area contributed by atoms with Crippen LogP contribution in [0.15, 0.2) is 65.8 Å². The van der Waals surface area contributed by atoms with Crippen LogP contribution in [0.4, 0.5) is 0 Å². The highest BCUT2D eigenvalue weighted by Gasteiger charge is 2.05. The summed E-state index contributed by atoms with van der Waals surface area (Å²) in [5.41, 5.74) is 4.36. The fourth-order valence-electron chi connectivity index (χ4n) is 1.93. The molecule has 0 aliphatic rings. The second-order valence-corrected chi connectivity index (χ2v) is 4.97. The van der Waals surface area contributed by atoms with Crippen LogP contribution in [0.5, 0.6) is 0 Å². The van der Waals surface area contributed by atoms with Crippen molar-refractivity contribution in [3.8, 4) is 0 Å². The number of carbonyl (C=O) groups excluding carboxylic acids is 2. The van der Waals surface area contributed by atoms with E-state index in [1.165, 1.54) is 0 Å². The van der Waals surface area contributed by atoms with Crippen molar-refractivity contribution in [1.82, 2.24) is 10.7 Å². The van der Waals surface area contributed by atoms with Crippen molar-refractivity contribution in [2.75, 3.05) is 6.54 Å². The Balaban J connectivity index is 1.64. The molecule has 2 aromatic rings. The minimum absolute atomic E-state index is 0.0836. The van der Waals surface area contributed by atoms with Gasteiger partial charge in [0.2, 0.25) is 5.91 Å². The smallest absolute Gasteiger partial charge is 0.259 e. The van der Waals surface area contributed by atoms with E-state index in [2.05, 4.69) is 15.8 Å². The second-order valence-electron chi connectivity index (χ2n) is 4.97. The lowest BCUT2D eigenvalue weighted by atomic mass is 10.1. The van der Waals surface area contributed by atoms with E-state index in [9.17, 15) is 9.59 Å². The first-order chi connectivity index (χ1) is 11.2. The van der Waals surface area contributed by atoms with Gasteiger partial charge in [0.25, 0.3) is 5.91 Å². The summed E-state index contributed by atoms with van der Waals surface area (Å²) < 4.78 is 0. The molecule has 0 atom stereocenters. The number of rotatable bonds is 7. The van der Waals surface area contributed by atoms with Crippen LogP contribution in [0, 0.1) is 0 Å². The predicted octanol–water partition coefficient (Wildman–Crippen LogP) is 1.89. The number of carbonyl (C=O) groups is 2. The molecule has 0 spiro atoms. The van der Waals surface area contributed by atoms with Crippen molar-refractivity contribution < 1.29 is 9.59 Å². The highest BCUT2D eigenvalue weighted by Crippen LogP contribution is 2.01. The van der Waals surface area contributed by atoms with Gasteiger partial charge >= 0.3 is 0 Å². The van der Waals surface area contributed by atoms with E-state index in [0.29, 0.717) is 12.8 Å². The Morgan fingerprint density at radius 1 is 0.913 bits per heavy atom. The summed E-state index contributed by atoms with van der Waals surface area (Å²) in [5.74, 6) is -0.513. The van der Waals surface area contributed by atoms with Gasteiger partial charge in [-0.05, 0) is 17.5 Å². The molecule has 0 saturated carbocycles. The number of hydrazone groups is 1. The first-order valence-electron chi connectivity index (χ1n) is 7.41. The molecule has 5 nitrogen and oxygen atoms in total. The molecule has 118 valence electrons. The molecule has 2 N–H and O–H groups in total. The number of amides is 2.